The van der Waals surface area contributed by atoms with Gasteiger partial charge >= 0.3 is 0 Å². The zero-order valence-corrected chi connectivity index (χ0v) is 34.4. The van der Waals surface area contributed by atoms with Gasteiger partial charge in [-0.05, 0) is 54.3 Å². The number of carbonyl (C=O) groups is 1. The average Bonchev–Trinajstić information content (AvgIpc) is 3.75. The Labute approximate surface area is 356 Å². The molecule has 7 aromatic rings. The Morgan fingerprint density at radius 2 is 1.76 bits per heavy atom. The fraction of sp³-hybridized carbons (Fsp3) is 0.275. The lowest BCUT2D eigenvalue weighted by atomic mass is 10.0. The first-order valence-corrected chi connectivity index (χ1v) is 21.2. The van der Waals surface area contributed by atoms with E-state index >= 15 is 8.78 Å². The Morgan fingerprint density at radius 3 is 2.43 bits per heavy atom. The van der Waals surface area contributed by atoms with Gasteiger partial charge in [0.25, 0.3) is 17.9 Å². The topological polar surface area (TPSA) is 181 Å². The van der Waals surface area contributed by atoms with Crippen LogP contribution in [0.2, 0.25) is 5.02 Å². The number of fused-ring (bicyclic) bond motifs is 5. The van der Waals surface area contributed by atoms with E-state index in [1.807, 2.05) is 0 Å². The summed E-state index contributed by atoms with van der Waals surface area (Å²) in [5.74, 6) is -8.58. The number of hydrogen-bond acceptors (Lipinski definition) is 10. The molecular weight excluding hydrogens is 882 g/mol. The van der Waals surface area contributed by atoms with Gasteiger partial charge in [-0.2, -0.15) is 19.0 Å². The van der Waals surface area contributed by atoms with Crippen LogP contribution in [0.4, 0.5) is 32.2 Å². The minimum absolute atomic E-state index is 0.00192. The van der Waals surface area contributed by atoms with Crippen LogP contribution in [-0.2, 0) is 40.8 Å². The second kappa shape index (κ2) is 15.1. The number of hydrogen-bond donors (Lipinski definition) is 2. The molecule has 1 fully saturated rings. The van der Waals surface area contributed by atoms with E-state index in [0.717, 1.165) is 23.0 Å². The molecule has 23 heteroatoms. The number of carbonyl (C=O) groups excluding carboxylic acids is 1. The number of anilines is 1. The van der Waals surface area contributed by atoms with Crippen molar-refractivity contribution in [3.63, 3.8) is 0 Å². The van der Waals surface area contributed by atoms with Crippen molar-refractivity contribution in [1.82, 2.24) is 44.4 Å². The third-order valence-electron chi connectivity index (χ3n) is 10.9. The van der Waals surface area contributed by atoms with E-state index < -0.39 is 87.7 Å². The lowest BCUT2D eigenvalue weighted by Crippen LogP contribution is -2.38. The highest BCUT2D eigenvalue weighted by molar-refractivity contribution is 7.92. The molecule has 63 heavy (non-hydrogen) atoms. The monoisotopic (exact) mass is 912 g/mol. The molecule has 0 saturated heterocycles. The van der Waals surface area contributed by atoms with E-state index in [1.165, 1.54) is 55.5 Å². The summed E-state index contributed by atoms with van der Waals surface area (Å²) in [5, 5.41) is 10.8. The number of nitrogens with zero attached hydrogens (tertiary/aromatic N) is 8. The van der Waals surface area contributed by atoms with Gasteiger partial charge in [-0.15, -0.1) is 0 Å². The number of rotatable bonds is 12. The third-order valence-corrected chi connectivity index (χ3v) is 11.8. The fourth-order valence-corrected chi connectivity index (χ4v) is 9.03. The molecule has 0 radical (unpaired) electrons. The molecule has 0 unspecified atom stereocenters. The summed E-state index contributed by atoms with van der Waals surface area (Å²) in [7, 11) is -1.05. The van der Waals surface area contributed by atoms with Gasteiger partial charge in [0.1, 0.15) is 35.4 Å². The van der Waals surface area contributed by atoms with Crippen LogP contribution in [0.5, 0.6) is 5.75 Å². The van der Waals surface area contributed by atoms with Gasteiger partial charge < -0.3 is 10.1 Å². The van der Waals surface area contributed by atoms with Crippen LogP contribution in [0.1, 0.15) is 53.1 Å². The summed E-state index contributed by atoms with van der Waals surface area (Å²) in [6.45, 7) is -0.998. The second-order valence-electron chi connectivity index (χ2n) is 15.2. The number of amides is 1. The van der Waals surface area contributed by atoms with Crippen molar-refractivity contribution in [3.8, 4) is 22.8 Å². The van der Waals surface area contributed by atoms with E-state index in [2.05, 4.69) is 30.2 Å². The van der Waals surface area contributed by atoms with Crippen LogP contribution < -0.4 is 20.3 Å². The smallest absolute Gasteiger partial charge is 0.293 e. The largest absolute Gasteiger partial charge is 0.494 e. The molecular formula is C40H31ClF6N10O5S. The van der Waals surface area contributed by atoms with Crippen molar-refractivity contribution in [3.05, 3.63) is 116 Å². The van der Waals surface area contributed by atoms with Crippen molar-refractivity contribution >= 4 is 55.2 Å². The standard InChI is InChI=1S/C40H31ClF6N10O5S/c1-55-33-28(7-6-25(41)31(33)37(53-55)54-63(3,60)61)57-38(51-26-11-18(4-5-22(26)39(57)59)36-48-14-21(62-2)15-49-36)27(10-17-8-19(42)12-20(43)9-17)50-29(58)16-56-34-30(32(52-56)35(44)45)23-13-24(23)40(34,46)47/h4-9,11-12,14-15,23-24,27,35H,10,13,16H2,1-3H3,(H,50,58)(H,53,54)/t23-,24+,27-/m0/s1. The van der Waals surface area contributed by atoms with Gasteiger partial charge in [-0.1, -0.05) is 17.7 Å². The number of sulfonamides is 1. The van der Waals surface area contributed by atoms with Crippen LogP contribution in [0.25, 0.3) is 38.9 Å². The van der Waals surface area contributed by atoms with Gasteiger partial charge in [0.15, 0.2) is 17.4 Å². The summed E-state index contributed by atoms with van der Waals surface area (Å²) in [4.78, 5) is 42.6. The molecule has 2 aliphatic carbocycles. The highest BCUT2D eigenvalue weighted by Gasteiger charge is 2.67. The number of nitrogens with one attached hydrogen (secondary N) is 2. The number of ether oxygens (including phenoxy) is 1. The maximum atomic E-state index is 15.5. The maximum Gasteiger partial charge on any atom is 0.293 e. The van der Waals surface area contributed by atoms with Gasteiger partial charge in [0.05, 0.1) is 64.3 Å². The van der Waals surface area contributed by atoms with E-state index in [1.54, 1.807) is 6.07 Å². The van der Waals surface area contributed by atoms with Crippen LogP contribution in [0.15, 0.2) is 65.7 Å². The van der Waals surface area contributed by atoms with Crippen molar-refractivity contribution in [1.29, 1.82) is 0 Å². The van der Waals surface area contributed by atoms with Crippen molar-refractivity contribution in [2.45, 2.75) is 43.7 Å². The SMILES string of the molecule is COc1cnc(-c2ccc3c(=O)n(-c4ccc(Cl)c5c(NS(C)(=O)=O)nn(C)c45)c([C@H](Cc4cc(F)cc(F)c4)NC(=O)Cn4nc(C(F)F)c5c4C(F)(F)[C@@H]4C[C@H]54)nc3c2)nc1. The molecule has 2 aliphatic rings. The number of aryl methyl sites for hydroxylation is 1. The minimum Gasteiger partial charge on any atom is -0.494 e. The van der Waals surface area contributed by atoms with Crippen molar-refractivity contribution in [2.24, 2.45) is 13.0 Å². The summed E-state index contributed by atoms with van der Waals surface area (Å²) in [6, 6.07) is 8.25. The Hall–Kier alpha value is -6.55. The molecule has 2 N–H and O–H groups in total. The molecule has 0 spiro atoms. The third kappa shape index (κ3) is 7.39. The highest BCUT2D eigenvalue weighted by atomic mass is 35.5. The van der Waals surface area contributed by atoms with E-state index in [9.17, 15) is 35.6 Å². The van der Waals surface area contributed by atoms with Crippen LogP contribution in [0.3, 0.4) is 0 Å². The summed E-state index contributed by atoms with van der Waals surface area (Å²) in [5.41, 5.74) is -2.28. The van der Waals surface area contributed by atoms with E-state index in [0.29, 0.717) is 22.1 Å². The molecule has 3 aromatic carbocycles. The maximum absolute atomic E-state index is 15.5. The van der Waals surface area contributed by atoms with Crippen molar-refractivity contribution in [2.75, 3.05) is 18.1 Å². The highest BCUT2D eigenvalue weighted by Crippen LogP contribution is 2.68. The van der Waals surface area contributed by atoms with E-state index in [4.69, 9.17) is 21.3 Å². The average molecular weight is 913 g/mol. The first-order chi connectivity index (χ1) is 29.8. The molecule has 0 aliphatic heterocycles. The quantitative estimate of drug-likeness (QED) is 0.129. The molecule has 326 valence electrons. The minimum atomic E-state index is -3.92. The summed E-state index contributed by atoms with van der Waals surface area (Å²) in [6.07, 6.45) is 0.0133. The normalized spacial score (nSPS) is 16.9. The first kappa shape index (κ1) is 41.8. The number of aromatic nitrogens is 8. The molecule has 4 heterocycles. The van der Waals surface area contributed by atoms with Gasteiger partial charge in [0, 0.05) is 36.6 Å². The zero-order chi connectivity index (χ0) is 44.9. The molecule has 15 nitrogen and oxygen atoms in total. The van der Waals surface area contributed by atoms with Gasteiger partial charge in [-0.3, -0.25) is 28.2 Å². The molecule has 1 saturated carbocycles. The first-order valence-electron chi connectivity index (χ1n) is 18.9. The Kier molecular flexibility index (Phi) is 9.99. The predicted octanol–water partition coefficient (Wildman–Crippen LogP) is 6.48. The van der Waals surface area contributed by atoms with E-state index in [-0.39, 0.29) is 67.5 Å². The Morgan fingerprint density at radius 1 is 1.05 bits per heavy atom. The van der Waals surface area contributed by atoms with Gasteiger partial charge in [-0.25, -0.2) is 40.9 Å². The summed E-state index contributed by atoms with van der Waals surface area (Å²) < 4.78 is 124. The molecule has 0 bridgehead atoms. The van der Waals surface area contributed by atoms with Crippen molar-refractivity contribution < 1.29 is 44.3 Å². The number of methoxy groups -OCH3 is 1. The van der Waals surface area contributed by atoms with Crippen LogP contribution in [-0.4, -0.2) is 66.8 Å². The molecule has 3 atom stereocenters. The number of alkyl halides is 4. The number of halogens is 7. The van der Waals surface area contributed by atoms with Gasteiger partial charge in [0.2, 0.25) is 15.9 Å². The fourth-order valence-electron chi connectivity index (χ4n) is 8.29. The Balaban J connectivity index is 1.25. The summed E-state index contributed by atoms with van der Waals surface area (Å²) >= 11 is 6.62. The number of benzene rings is 3. The predicted molar refractivity (Wildman–Crippen MR) is 216 cm³/mol. The lowest BCUT2D eigenvalue weighted by molar-refractivity contribution is -0.123. The Bertz CT molecular complexity index is 3200. The molecule has 4 aromatic heterocycles. The molecule has 1 amide bonds. The van der Waals surface area contributed by atoms with Crippen LogP contribution in [0, 0.1) is 17.6 Å². The molecule has 9 rings (SSSR count). The lowest BCUT2D eigenvalue weighted by Gasteiger charge is -2.24. The second-order valence-corrected chi connectivity index (χ2v) is 17.4. The van der Waals surface area contributed by atoms with Crippen LogP contribution >= 0.6 is 11.6 Å². The zero-order valence-electron chi connectivity index (χ0n) is 32.9.